The Morgan fingerprint density at radius 3 is 2.59 bits per heavy atom. The van der Waals surface area contributed by atoms with Crippen LogP contribution < -0.4 is 0 Å². The molecule has 0 spiro atoms. The summed E-state index contributed by atoms with van der Waals surface area (Å²) < 4.78 is 14.3. The first-order valence-corrected chi connectivity index (χ1v) is 6.80. The highest BCUT2D eigenvalue weighted by atomic mass is 79.9. The van der Waals surface area contributed by atoms with Gasteiger partial charge in [-0.2, -0.15) is 0 Å². The summed E-state index contributed by atoms with van der Waals surface area (Å²) >= 11 is 4.89. The van der Waals surface area contributed by atoms with Crippen LogP contribution in [0.3, 0.4) is 0 Å². The SMILES string of the molecule is Cc1cc(C(O)c2c(F)cccc2Br)c(C)s1. The third kappa shape index (κ3) is 2.44. The molecule has 0 aliphatic carbocycles. The van der Waals surface area contributed by atoms with E-state index in [1.807, 2.05) is 19.9 Å². The van der Waals surface area contributed by atoms with Crippen LogP contribution in [0.2, 0.25) is 0 Å². The summed E-state index contributed by atoms with van der Waals surface area (Å²) in [6, 6.07) is 6.61. The van der Waals surface area contributed by atoms with Crippen molar-refractivity contribution in [3.8, 4) is 0 Å². The van der Waals surface area contributed by atoms with Crippen molar-refractivity contribution < 1.29 is 9.50 Å². The van der Waals surface area contributed by atoms with Crippen molar-refractivity contribution in [2.24, 2.45) is 0 Å². The first-order valence-electron chi connectivity index (χ1n) is 5.19. The maximum Gasteiger partial charge on any atom is 0.130 e. The van der Waals surface area contributed by atoms with E-state index >= 15 is 0 Å². The summed E-state index contributed by atoms with van der Waals surface area (Å²) in [6.07, 6.45) is -0.921. The van der Waals surface area contributed by atoms with Crippen LogP contribution in [0.5, 0.6) is 0 Å². The minimum absolute atomic E-state index is 0.299. The normalized spacial score (nSPS) is 12.8. The largest absolute Gasteiger partial charge is 0.383 e. The van der Waals surface area contributed by atoms with Gasteiger partial charge in [-0.3, -0.25) is 0 Å². The second-order valence-corrected chi connectivity index (χ2v) is 6.22. The molecule has 0 amide bonds. The fourth-order valence-electron chi connectivity index (χ4n) is 1.85. The average Bonchev–Trinajstić information content (AvgIpc) is 2.57. The number of halogens is 2. The van der Waals surface area contributed by atoms with Crippen LogP contribution >= 0.6 is 27.3 Å². The monoisotopic (exact) mass is 314 g/mol. The van der Waals surface area contributed by atoms with E-state index in [1.54, 1.807) is 23.5 Å². The second kappa shape index (κ2) is 4.88. The van der Waals surface area contributed by atoms with Crippen LogP contribution in [-0.4, -0.2) is 5.11 Å². The molecule has 17 heavy (non-hydrogen) atoms. The molecule has 0 radical (unpaired) electrons. The van der Waals surface area contributed by atoms with Gasteiger partial charge in [0, 0.05) is 19.8 Å². The summed E-state index contributed by atoms with van der Waals surface area (Å²) in [6.45, 7) is 3.91. The number of hydrogen-bond donors (Lipinski definition) is 1. The van der Waals surface area contributed by atoms with Crippen molar-refractivity contribution in [2.45, 2.75) is 20.0 Å². The zero-order chi connectivity index (χ0) is 12.6. The third-order valence-corrected chi connectivity index (χ3v) is 4.32. The highest BCUT2D eigenvalue weighted by Gasteiger charge is 2.20. The molecule has 1 aromatic carbocycles. The molecule has 0 saturated heterocycles. The number of aliphatic hydroxyl groups excluding tert-OH is 1. The molecule has 90 valence electrons. The van der Waals surface area contributed by atoms with E-state index in [2.05, 4.69) is 15.9 Å². The molecule has 0 aliphatic rings. The predicted molar refractivity (Wildman–Crippen MR) is 72.0 cm³/mol. The lowest BCUT2D eigenvalue weighted by atomic mass is 10.0. The van der Waals surface area contributed by atoms with Crippen molar-refractivity contribution in [1.29, 1.82) is 0 Å². The predicted octanol–water partition coefficient (Wildman–Crippen LogP) is 4.35. The van der Waals surface area contributed by atoms with Crippen molar-refractivity contribution in [1.82, 2.24) is 0 Å². The van der Waals surface area contributed by atoms with Crippen molar-refractivity contribution >= 4 is 27.3 Å². The smallest absolute Gasteiger partial charge is 0.130 e. The van der Waals surface area contributed by atoms with Gasteiger partial charge >= 0.3 is 0 Å². The minimum atomic E-state index is -0.921. The van der Waals surface area contributed by atoms with E-state index in [9.17, 15) is 9.50 Å². The average molecular weight is 315 g/mol. The molecule has 1 heterocycles. The Labute approximate surface area is 112 Å². The molecule has 4 heteroatoms. The molecule has 2 rings (SSSR count). The quantitative estimate of drug-likeness (QED) is 0.873. The zero-order valence-electron chi connectivity index (χ0n) is 9.50. The molecule has 0 bridgehead atoms. The number of benzene rings is 1. The molecule has 1 nitrogen and oxygen atoms in total. The molecule has 1 unspecified atom stereocenters. The Morgan fingerprint density at radius 2 is 2.06 bits per heavy atom. The van der Waals surface area contributed by atoms with Gasteiger partial charge in [-0.15, -0.1) is 11.3 Å². The summed E-state index contributed by atoms with van der Waals surface area (Å²) in [7, 11) is 0. The lowest BCUT2D eigenvalue weighted by Gasteiger charge is -2.13. The first-order chi connectivity index (χ1) is 8.00. The Balaban J connectivity index is 2.51. The topological polar surface area (TPSA) is 20.2 Å². The fourth-order valence-corrected chi connectivity index (χ4v) is 3.37. The Kier molecular flexibility index (Phi) is 3.66. The van der Waals surface area contributed by atoms with Gasteiger partial charge in [0.15, 0.2) is 0 Å². The Morgan fingerprint density at radius 1 is 1.35 bits per heavy atom. The van der Waals surface area contributed by atoms with Crippen LogP contribution in [0.15, 0.2) is 28.7 Å². The van der Waals surface area contributed by atoms with Gasteiger partial charge in [-0.25, -0.2) is 4.39 Å². The Bertz CT molecular complexity index is 530. The van der Waals surface area contributed by atoms with Crippen LogP contribution in [0.4, 0.5) is 4.39 Å². The second-order valence-electron chi connectivity index (χ2n) is 3.91. The molecule has 1 atom stereocenters. The molecule has 2 aromatic rings. The molecule has 1 N–H and O–H groups in total. The van der Waals surface area contributed by atoms with Crippen LogP contribution in [0.25, 0.3) is 0 Å². The summed E-state index contributed by atoms with van der Waals surface area (Å²) in [5, 5.41) is 10.3. The maximum atomic E-state index is 13.7. The molecule has 1 aromatic heterocycles. The third-order valence-electron chi connectivity index (χ3n) is 2.65. The van der Waals surface area contributed by atoms with Crippen molar-refractivity contribution in [2.75, 3.05) is 0 Å². The minimum Gasteiger partial charge on any atom is -0.383 e. The maximum absolute atomic E-state index is 13.7. The first kappa shape index (κ1) is 12.7. The number of aryl methyl sites for hydroxylation is 2. The molecule has 0 aliphatic heterocycles. The van der Waals surface area contributed by atoms with Gasteiger partial charge in [0.1, 0.15) is 11.9 Å². The molecule has 0 saturated carbocycles. The molecular formula is C13H12BrFOS. The molecule has 0 fully saturated rings. The van der Waals surface area contributed by atoms with Crippen LogP contribution in [-0.2, 0) is 0 Å². The van der Waals surface area contributed by atoms with E-state index in [-0.39, 0.29) is 0 Å². The summed E-state index contributed by atoms with van der Waals surface area (Å²) in [4.78, 5) is 2.13. The summed E-state index contributed by atoms with van der Waals surface area (Å²) in [5.41, 5.74) is 1.08. The van der Waals surface area contributed by atoms with Gasteiger partial charge in [-0.1, -0.05) is 22.0 Å². The van der Waals surface area contributed by atoms with Gasteiger partial charge in [-0.05, 0) is 37.6 Å². The van der Waals surface area contributed by atoms with E-state index in [0.29, 0.717) is 10.0 Å². The van der Waals surface area contributed by atoms with Crippen LogP contribution in [0, 0.1) is 19.7 Å². The van der Waals surface area contributed by atoms with E-state index < -0.39 is 11.9 Å². The molecular weight excluding hydrogens is 303 g/mol. The van der Waals surface area contributed by atoms with E-state index in [1.165, 1.54) is 6.07 Å². The number of hydrogen-bond acceptors (Lipinski definition) is 2. The highest BCUT2D eigenvalue weighted by molar-refractivity contribution is 9.10. The summed E-state index contributed by atoms with van der Waals surface area (Å²) in [5.74, 6) is -0.393. The lowest BCUT2D eigenvalue weighted by Crippen LogP contribution is -2.03. The van der Waals surface area contributed by atoms with Crippen molar-refractivity contribution in [3.63, 3.8) is 0 Å². The highest BCUT2D eigenvalue weighted by Crippen LogP contribution is 2.35. The fraction of sp³-hybridized carbons (Fsp3) is 0.231. The zero-order valence-corrected chi connectivity index (χ0v) is 11.9. The van der Waals surface area contributed by atoms with E-state index in [0.717, 1.165) is 15.3 Å². The van der Waals surface area contributed by atoms with Gasteiger partial charge < -0.3 is 5.11 Å². The lowest BCUT2D eigenvalue weighted by molar-refractivity contribution is 0.214. The van der Waals surface area contributed by atoms with Gasteiger partial charge in [0.25, 0.3) is 0 Å². The number of thiophene rings is 1. The van der Waals surface area contributed by atoms with Gasteiger partial charge in [0.2, 0.25) is 0 Å². The number of aliphatic hydroxyl groups is 1. The Hall–Kier alpha value is -0.710. The van der Waals surface area contributed by atoms with Gasteiger partial charge in [0.05, 0.1) is 0 Å². The van der Waals surface area contributed by atoms with E-state index in [4.69, 9.17) is 0 Å². The standard InChI is InChI=1S/C13H12BrFOS/c1-7-6-9(8(2)17-7)13(16)12-10(14)4-3-5-11(12)15/h3-6,13,16H,1-2H3. The van der Waals surface area contributed by atoms with Crippen molar-refractivity contribution in [3.05, 3.63) is 55.4 Å². The van der Waals surface area contributed by atoms with Crippen LogP contribution in [0.1, 0.15) is 27.0 Å². The number of rotatable bonds is 2.